The first-order chi connectivity index (χ1) is 13.0. The summed E-state index contributed by atoms with van der Waals surface area (Å²) in [5.74, 6) is 1.54. The van der Waals surface area contributed by atoms with Crippen LogP contribution in [0.2, 0.25) is 0 Å². The van der Waals surface area contributed by atoms with Gasteiger partial charge in [-0.15, -0.1) is 24.0 Å². The first-order valence-electron chi connectivity index (χ1n) is 9.36. The molecule has 2 N–H and O–H groups in total. The normalized spacial score (nSPS) is 12.0. The fourth-order valence-electron chi connectivity index (χ4n) is 2.53. The lowest BCUT2D eigenvalue weighted by atomic mass is 10.1. The Balaban J connectivity index is 0.00000392. The van der Waals surface area contributed by atoms with Crippen LogP contribution in [-0.2, 0) is 17.6 Å². The zero-order valence-corrected chi connectivity index (χ0v) is 19.2. The molecular formula is C21H31IN4O2. The first kappa shape index (κ1) is 24.0. The van der Waals surface area contributed by atoms with E-state index in [9.17, 15) is 4.79 Å². The van der Waals surface area contributed by atoms with Crippen molar-refractivity contribution in [1.82, 2.24) is 15.5 Å². The minimum Gasteiger partial charge on any atom is -0.469 e. The van der Waals surface area contributed by atoms with Gasteiger partial charge in [0.05, 0.1) is 6.26 Å². The van der Waals surface area contributed by atoms with Crippen molar-refractivity contribution < 1.29 is 9.21 Å². The molecule has 0 aliphatic heterocycles. The van der Waals surface area contributed by atoms with Crippen LogP contribution in [0, 0.1) is 0 Å². The number of aryl methyl sites for hydroxylation is 1. The van der Waals surface area contributed by atoms with Crippen LogP contribution in [0.25, 0.3) is 0 Å². The summed E-state index contributed by atoms with van der Waals surface area (Å²) in [6.45, 7) is 2.93. The molecule has 154 valence electrons. The Labute approximate surface area is 184 Å². The third-order valence-electron chi connectivity index (χ3n) is 4.21. The van der Waals surface area contributed by atoms with Crippen molar-refractivity contribution in [1.29, 1.82) is 0 Å². The highest BCUT2D eigenvalue weighted by molar-refractivity contribution is 14.0. The van der Waals surface area contributed by atoms with E-state index in [0.29, 0.717) is 12.5 Å². The van der Waals surface area contributed by atoms with Crippen molar-refractivity contribution in [3.63, 3.8) is 0 Å². The number of halogens is 1. The highest BCUT2D eigenvalue weighted by atomic mass is 127. The van der Waals surface area contributed by atoms with Gasteiger partial charge in [0.2, 0.25) is 5.91 Å². The van der Waals surface area contributed by atoms with Gasteiger partial charge in [-0.3, -0.25) is 4.79 Å². The summed E-state index contributed by atoms with van der Waals surface area (Å²) < 4.78 is 5.35. The first-order valence-corrected chi connectivity index (χ1v) is 9.36. The number of furan rings is 1. The standard InChI is InChI=1S/C21H30N4O2.HI/c1-17(11-12-18-8-5-4-6-9-18)24-21(23-16-20(26)25(2)3)22-14-13-19-10-7-15-27-19;/h4-10,15,17H,11-14,16H2,1-3H3,(H2,22,23,24);1H. The number of hydrogen-bond acceptors (Lipinski definition) is 3. The minimum atomic E-state index is -0.0286. The monoisotopic (exact) mass is 498 g/mol. The molecule has 1 amide bonds. The number of benzene rings is 1. The maximum absolute atomic E-state index is 11.9. The van der Waals surface area contributed by atoms with Crippen molar-refractivity contribution >= 4 is 35.8 Å². The van der Waals surface area contributed by atoms with Crippen molar-refractivity contribution in [3.05, 3.63) is 60.1 Å². The molecular weight excluding hydrogens is 467 g/mol. The minimum absolute atomic E-state index is 0. The molecule has 1 unspecified atom stereocenters. The molecule has 2 aromatic rings. The number of carbonyl (C=O) groups excluding carboxylic acids is 1. The Kier molecular flexibility index (Phi) is 11.3. The molecule has 1 heterocycles. The molecule has 0 radical (unpaired) electrons. The largest absolute Gasteiger partial charge is 0.469 e. The maximum Gasteiger partial charge on any atom is 0.243 e. The predicted octanol–water partition coefficient (Wildman–Crippen LogP) is 3.08. The molecule has 2 rings (SSSR count). The number of likely N-dealkylation sites (N-methyl/N-ethyl adjacent to an activating group) is 1. The highest BCUT2D eigenvalue weighted by Crippen LogP contribution is 2.05. The number of aliphatic imine (C=N–C) groups is 1. The number of nitrogens with zero attached hydrogens (tertiary/aromatic N) is 2. The molecule has 0 saturated heterocycles. The van der Waals surface area contributed by atoms with Crippen molar-refractivity contribution in [3.8, 4) is 0 Å². The fraction of sp³-hybridized carbons (Fsp3) is 0.429. The molecule has 0 spiro atoms. The van der Waals surface area contributed by atoms with E-state index < -0.39 is 0 Å². The molecule has 0 aliphatic rings. The van der Waals surface area contributed by atoms with Crippen LogP contribution < -0.4 is 10.6 Å². The number of nitrogens with one attached hydrogen (secondary N) is 2. The van der Waals surface area contributed by atoms with Gasteiger partial charge in [-0.1, -0.05) is 30.3 Å². The molecule has 1 aromatic carbocycles. The molecule has 7 heteroatoms. The summed E-state index contributed by atoms with van der Waals surface area (Å²) >= 11 is 0. The molecule has 1 aromatic heterocycles. The molecule has 0 bridgehead atoms. The second-order valence-corrected chi connectivity index (χ2v) is 6.78. The zero-order chi connectivity index (χ0) is 19.5. The van der Waals surface area contributed by atoms with Gasteiger partial charge in [0.25, 0.3) is 0 Å². The summed E-state index contributed by atoms with van der Waals surface area (Å²) in [6, 6.07) is 14.5. The summed E-state index contributed by atoms with van der Waals surface area (Å²) in [5, 5.41) is 6.69. The van der Waals surface area contributed by atoms with E-state index in [4.69, 9.17) is 4.42 Å². The van der Waals surface area contributed by atoms with Crippen molar-refractivity contribution in [2.24, 2.45) is 4.99 Å². The van der Waals surface area contributed by atoms with Crippen LogP contribution in [0.15, 0.2) is 58.1 Å². The molecule has 6 nitrogen and oxygen atoms in total. The van der Waals surface area contributed by atoms with Gasteiger partial charge in [-0.2, -0.15) is 0 Å². The molecule has 0 saturated carbocycles. The number of carbonyl (C=O) groups is 1. The number of guanidine groups is 1. The summed E-state index contributed by atoms with van der Waals surface area (Å²) in [4.78, 5) is 17.8. The van der Waals surface area contributed by atoms with Gasteiger partial charge in [0.1, 0.15) is 12.3 Å². The average molecular weight is 498 g/mol. The SMILES string of the molecule is CC(CCc1ccccc1)NC(=NCC(=O)N(C)C)NCCc1ccco1.I. The Bertz CT molecular complexity index is 702. The van der Waals surface area contributed by atoms with Gasteiger partial charge in [-0.25, -0.2) is 4.99 Å². The second-order valence-electron chi connectivity index (χ2n) is 6.78. The van der Waals surface area contributed by atoms with Crippen LogP contribution in [0.3, 0.4) is 0 Å². The maximum atomic E-state index is 11.9. The van der Waals surface area contributed by atoms with Gasteiger partial charge in [0, 0.05) is 33.1 Å². The topological polar surface area (TPSA) is 69.9 Å². The Morgan fingerprint density at radius 2 is 1.89 bits per heavy atom. The molecule has 0 aliphatic carbocycles. The van der Waals surface area contributed by atoms with E-state index in [1.54, 1.807) is 25.3 Å². The zero-order valence-electron chi connectivity index (χ0n) is 16.9. The lowest BCUT2D eigenvalue weighted by molar-refractivity contribution is -0.127. The lowest BCUT2D eigenvalue weighted by Crippen LogP contribution is -2.43. The van der Waals surface area contributed by atoms with Crippen LogP contribution in [0.1, 0.15) is 24.7 Å². The fourth-order valence-corrected chi connectivity index (χ4v) is 2.53. The van der Waals surface area contributed by atoms with Gasteiger partial charge < -0.3 is 20.0 Å². The van der Waals surface area contributed by atoms with E-state index in [-0.39, 0.29) is 42.5 Å². The smallest absolute Gasteiger partial charge is 0.243 e. The van der Waals surface area contributed by atoms with Crippen LogP contribution in [-0.4, -0.2) is 50.0 Å². The molecule has 28 heavy (non-hydrogen) atoms. The van der Waals surface area contributed by atoms with E-state index in [1.807, 2.05) is 18.2 Å². The number of amides is 1. The van der Waals surface area contributed by atoms with Gasteiger partial charge in [0.15, 0.2) is 5.96 Å². The number of rotatable bonds is 9. The Morgan fingerprint density at radius 3 is 2.54 bits per heavy atom. The Hall–Kier alpha value is -2.03. The van der Waals surface area contributed by atoms with E-state index in [1.165, 1.54) is 5.56 Å². The molecule has 0 fully saturated rings. The van der Waals surface area contributed by atoms with Crippen molar-refractivity contribution in [2.75, 3.05) is 27.2 Å². The van der Waals surface area contributed by atoms with E-state index in [0.717, 1.165) is 25.0 Å². The van der Waals surface area contributed by atoms with Crippen LogP contribution in [0.5, 0.6) is 0 Å². The lowest BCUT2D eigenvalue weighted by Gasteiger charge is -2.18. The predicted molar refractivity (Wildman–Crippen MR) is 124 cm³/mol. The van der Waals surface area contributed by atoms with Crippen LogP contribution >= 0.6 is 24.0 Å². The average Bonchev–Trinajstić information content (AvgIpc) is 3.18. The van der Waals surface area contributed by atoms with Gasteiger partial charge in [-0.05, 0) is 37.5 Å². The Morgan fingerprint density at radius 1 is 1.14 bits per heavy atom. The quantitative estimate of drug-likeness (QED) is 0.317. The van der Waals surface area contributed by atoms with Crippen molar-refractivity contribution in [2.45, 2.75) is 32.2 Å². The summed E-state index contributed by atoms with van der Waals surface area (Å²) in [6.07, 6.45) is 4.40. The van der Waals surface area contributed by atoms with E-state index in [2.05, 4.69) is 46.8 Å². The third kappa shape index (κ3) is 9.25. The highest BCUT2D eigenvalue weighted by Gasteiger charge is 2.09. The summed E-state index contributed by atoms with van der Waals surface area (Å²) in [7, 11) is 3.47. The second kappa shape index (κ2) is 13.2. The number of hydrogen-bond donors (Lipinski definition) is 2. The van der Waals surface area contributed by atoms with Gasteiger partial charge >= 0.3 is 0 Å². The summed E-state index contributed by atoms with van der Waals surface area (Å²) in [5.41, 5.74) is 1.32. The third-order valence-corrected chi connectivity index (χ3v) is 4.21. The van der Waals surface area contributed by atoms with E-state index >= 15 is 0 Å². The molecule has 1 atom stereocenters. The van der Waals surface area contributed by atoms with Crippen LogP contribution in [0.4, 0.5) is 0 Å².